The van der Waals surface area contributed by atoms with Crippen LogP contribution in [0.25, 0.3) is 0 Å². The van der Waals surface area contributed by atoms with E-state index in [1.807, 2.05) is 32.5 Å². The first-order chi connectivity index (χ1) is 7.82. The van der Waals surface area contributed by atoms with E-state index in [-0.39, 0.29) is 17.5 Å². The summed E-state index contributed by atoms with van der Waals surface area (Å²) in [5.41, 5.74) is -0.117. The molecule has 0 radical (unpaired) electrons. The van der Waals surface area contributed by atoms with Crippen LogP contribution >= 0.6 is 11.8 Å². The molecular formula is C13H28N2OS. The predicted molar refractivity (Wildman–Crippen MR) is 77.6 cm³/mol. The van der Waals surface area contributed by atoms with E-state index in [1.54, 1.807) is 0 Å². The minimum atomic E-state index is -0.131. The standard InChI is InChI=1S/C13H28N2OS/c1-7-13(5,6)15-12(16)11(4)14-10(3)9-17-8-2/h10-11,14H,7-9H2,1-6H3,(H,15,16). The van der Waals surface area contributed by atoms with E-state index in [4.69, 9.17) is 0 Å². The second-order valence-electron chi connectivity index (χ2n) is 5.18. The smallest absolute Gasteiger partial charge is 0.237 e. The fourth-order valence-electron chi connectivity index (χ4n) is 1.38. The van der Waals surface area contributed by atoms with Crippen molar-refractivity contribution in [3.05, 3.63) is 0 Å². The van der Waals surface area contributed by atoms with Gasteiger partial charge in [0.15, 0.2) is 0 Å². The molecule has 0 heterocycles. The van der Waals surface area contributed by atoms with Gasteiger partial charge in [-0.15, -0.1) is 0 Å². The Morgan fingerprint density at radius 2 is 1.88 bits per heavy atom. The van der Waals surface area contributed by atoms with E-state index in [2.05, 4.69) is 31.4 Å². The van der Waals surface area contributed by atoms with Gasteiger partial charge in [-0.3, -0.25) is 4.79 Å². The number of rotatable bonds is 8. The molecule has 2 N–H and O–H groups in total. The van der Waals surface area contributed by atoms with Crippen LogP contribution in [0.3, 0.4) is 0 Å². The molecule has 0 aromatic heterocycles. The number of hydrogen-bond acceptors (Lipinski definition) is 3. The van der Waals surface area contributed by atoms with Crippen molar-refractivity contribution in [2.24, 2.45) is 0 Å². The molecule has 0 saturated heterocycles. The second kappa shape index (κ2) is 7.98. The minimum Gasteiger partial charge on any atom is -0.350 e. The molecular weight excluding hydrogens is 232 g/mol. The number of amides is 1. The summed E-state index contributed by atoms with van der Waals surface area (Å²) in [6.45, 7) is 12.4. The summed E-state index contributed by atoms with van der Waals surface area (Å²) in [5, 5.41) is 6.39. The molecule has 0 aliphatic heterocycles. The van der Waals surface area contributed by atoms with Gasteiger partial charge < -0.3 is 10.6 Å². The summed E-state index contributed by atoms with van der Waals surface area (Å²) < 4.78 is 0. The zero-order valence-corrected chi connectivity index (χ0v) is 12.9. The van der Waals surface area contributed by atoms with Gasteiger partial charge in [0.1, 0.15) is 0 Å². The summed E-state index contributed by atoms with van der Waals surface area (Å²) in [6, 6.07) is 0.235. The van der Waals surface area contributed by atoms with Gasteiger partial charge in [0.2, 0.25) is 5.91 Å². The highest BCUT2D eigenvalue weighted by Crippen LogP contribution is 2.07. The summed E-state index contributed by atoms with van der Waals surface area (Å²) in [7, 11) is 0. The zero-order valence-electron chi connectivity index (χ0n) is 12.1. The van der Waals surface area contributed by atoms with E-state index in [1.165, 1.54) is 0 Å². The van der Waals surface area contributed by atoms with Gasteiger partial charge in [-0.05, 0) is 39.9 Å². The van der Waals surface area contributed by atoms with Crippen molar-refractivity contribution < 1.29 is 4.79 Å². The van der Waals surface area contributed by atoms with Crippen LogP contribution in [0.2, 0.25) is 0 Å². The fourth-order valence-corrected chi connectivity index (χ4v) is 2.06. The van der Waals surface area contributed by atoms with Crippen LogP contribution in [0, 0.1) is 0 Å². The maximum Gasteiger partial charge on any atom is 0.237 e. The first-order valence-corrected chi connectivity index (χ1v) is 7.63. The van der Waals surface area contributed by atoms with E-state index < -0.39 is 0 Å². The molecule has 0 bridgehead atoms. The van der Waals surface area contributed by atoms with Crippen LogP contribution in [-0.4, -0.2) is 35.0 Å². The summed E-state index contributed by atoms with van der Waals surface area (Å²) in [6.07, 6.45) is 0.937. The van der Waals surface area contributed by atoms with Crippen LogP contribution in [0.1, 0.15) is 48.0 Å². The third-order valence-electron chi connectivity index (χ3n) is 2.85. The Morgan fingerprint density at radius 1 is 1.29 bits per heavy atom. The monoisotopic (exact) mass is 260 g/mol. The molecule has 0 aliphatic carbocycles. The van der Waals surface area contributed by atoms with Crippen molar-refractivity contribution in [2.75, 3.05) is 11.5 Å². The van der Waals surface area contributed by atoms with E-state index in [0.717, 1.165) is 17.9 Å². The van der Waals surface area contributed by atoms with Crippen LogP contribution in [-0.2, 0) is 4.79 Å². The molecule has 3 nitrogen and oxygen atoms in total. The van der Waals surface area contributed by atoms with Crippen molar-refractivity contribution >= 4 is 17.7 Å². The molecule has 102 valence electrons. The Morgan fingerprint density at radius 3 is 2.35 bits per heavy atom. The van der Waals surface area contributed by atoms with Gasteiger partial charge in [0.25, 0.3) is 0 Å². The van der Waals surface area contributed by atoms with Gasteiger partial charge >= 0.3 is 0 Å². The quantitative estimate of drug-likeness (QED) is 0.704. The number of thioether (sulfide) groups is 1. The van der Waals surface area contributed by atoms with Crippen LogP contribution in [0.15, 0.2) is 0 Å². The van der Waals surface area contributed by atoms with Crippen molar-refractivity contribution in [1.29, 1.82) is 0 Å². The van der Waals surface area contributed by atoms with Crippen molar-refractivity contribution in [2.45, 2.75) is 65.6 Å². The number of hydrogen-bond donors (Lipinski definition) is 2. The Labute approximate surface area is 111 Å². The lowest BCUT2D eigenvalue weighted by Gasteiger charge is -2.28. The fraction of sp³-hybridized carbons (Fsp3) is 0.923. The molecule has 0 rings (SSSR count). The third kappa shape index (κ3) is 7.66. The van der Waals surface area contributed by atoms with E-state index in [9.17, 15) is 4.79 Å². The lowest BCUT2D eigenvalue weighted by molar-refractivity contribution is -0.124. The summed E-state index contributed by atoms with van der Waals surface area (Å²) in [5.74, 6) is 2.26. The van der Waals surface area contributed by atoms with E-state index >= 15 is 0 Å². The third-order valence-corrected chi connectivity index (χ3v) is 3.99. The Kier molecular flexibility index (Phi) is 7.88. The van der Waals surface area contributed by atoms with Gasteiger partial charge in [-0.25, -0.2) is 0 Å². The molecule has 17 heavy (non-hydrogen) atoms. The summed E-state index contributed by atoms with van der Waals surface area (Å²) >= 11 is 1.89. The topological polar surface area (TPSA) is 41.1 Å². The molecule has 2 unspecified atom stereocenters. The van der Waals surface area contributed by atoms with Gasteiger partial charge in [-0.2, -0.15) is 11.8 Å². The normalized spacial score (nSPS) is 15.4. The molecule has 0 fully saturated rings. The Balaban J connectivity index is 4.05. The number of carbonyl (C=O) groups excluding carboxylic acids is 1. The molecule has 0 aromatic rings. The Hall–Kier alpha value is -0.220. The molecule has 0 aliphatic rings. The highest BCUT2D eigenvalue weighted by atomic mass is 32.2. The first kappa shape index (κ1) is 16.8. The first-order valence-electron chi connectivity index (χ1n) is 6.48. The molecule has 0 saturated carbocycles. The lowest BCUT2D eigenvalue weighted by atomic mass is 10.0. The average molecular weight is 260 g/mol. The molecule has 0 spiro atoms. The number of carbonyl (C=O) groups is 1. The number of nitrogens with one attached hydrogen (secondary N) is 2. The zero-order chi connectivity index (χ0) is 13.5. The highest BCUT2D eigenvalue weighted by molar-refractivity contribution is 7.99. The van der Waals surface area contributed by atoms with Crippen molar-refractivity contribution in [3.63, 3.8) is 0 Å². The maximum atomic E-state index is 11.9. The van der Waals surface area contributed by atoms with E-state index in [0.29, 0.717) is 6.04 Å². The molecule has 0 aromatic carbocycles. The Bertz CT molecular complexity index is 231. The molecule has 2 atom stereocenters. The second-order valence-corrected chi connectivity index (χ2v) is 6.49. The largest absolute Gasteiger partial charge is 0.350 e. The molecule has 1 amide bonds. The van der Waals surface area contributed by atoms with Crippen LogP contribution in [0.5, 0.6) is 0 Å². The van der Waals surface area contributed by atoms with Gasteiger partial charge in [0, 0.05) is 17.3 Å². The lowest BCUT2D eigenvalue weighted by Crippen LogP contribution is -2.52. The van der Waals surface area contributed by atoms with Gasteiger partial charge in [0.05, 0.1) is 6.04 Å². The van der Waals surface area contributed by atoms with Gasteiger partial charge in [-0.1, -0.05) is 13.8 Å². The summed E-state index contributed by atoms with van der Waals surface area (Å²) in [4.78, 5) is 11.9. The predicted octanol–water partition coefficient (Wildman–Crippen LogP) is 2.41. The maximum absolute atomic E-state index is 11.9. The molecule has 4 heteroatoms. The van der Waals surface area contributed by atoms with Crippen LogP contribution < -0.4 is 10.6 Å². The van der Waals surface area contributed by atoms with Crippen LogP contribution in [0.4, 0.5) is 0 Å². The average Bonchev–Trinajstić information content (AvgIpc) is 2.25. The van der Waals surface area contributed by atoms with Crippen molar-refractivity contribution in [3.8, 4) is 0 Å². The SMILES string of the molecule is CCSCC(C)NC(C)C(=O)NC(C)(C)CC. The minimum absolute atomic E-state index is 0.0881. The highest BCUT2D eigenvalue weighted by Gasteiger charge is 2.22. The van der Waals surface area contributed by atoms with Crippen molar-refractivity contribution in [1.82, 2.24) is 10.6 Å².